The fourth-order valence-electron chi connectivity index (χ4n) is 2.00. The van der Waals surface area contributed by atoms with E-state index in [0.717, 1.165) is 8.86 Å². The summed E-state index contributed by atoms with van der Waals surface area (Å²) >= 11 is 4.47. The lowest BCUT2D eigenvalue weighted by Gasteiger charge is -2.36. The summed E-state index contributed by atoms with van der Waals surface area (Å²) in [6, 6.07) is 8.60. The zero-order valence-electron chi connectivity index (χ0n) is 10.2. The van der Waals surface area contributed by atoms with Gasteiger partial charge in [-0.25, -0.2) is 8.42 Å². The Morgan fingerprint density at radius 1 is 1.11 bits per heavy atom. The van der Waals surface area contributed by atoms with Gasteiger partial charge in [0.25, 0.3) is 0 Å². The molecule has 0 aliphatic carbocycles. The highest BCUT2D eigenvalue weighted by atomic mass is 127. The maximum Gasteiger partial charge on any atom is 0.243 e. The van der Waals surface area contributed by atoms with Crippen molar-refractivity contribution in [3.63, 3.8) is 0 Å². The third-order valence-electron chi connectivity index (χ3n) is 2.92. The van der Waals surface area contributed by atoms with Crippen molar-refractivity contribution in [3.8, 4) is 0 Å². The number of rotatable bonds is 4. The lowest BCUT2D eigenvalue weighted by atomic mass is 10.3. The van der Waals surface area contributed by atoms with Crippen LogP contribution in [0.1, 0.15) is 0 Å². The van der Waals surface area contributed by atoms with Crippen molar-refractivity contribution in [1.29, 1.82) is 0 Å². The van der Waals surface area contributed by atoms with Crippen LogP contribution in [-0.4, -0.2) is 46.9 Å². The van der Waals surface area contributed by atoms with Crippen LogP contribution < -0.4 is 0 Å². The molecule has 2 rings (SSSR count). The molecule has 2 atom stereocenters. The minimum atomic E-state index is -3.40. The van der Waals surface area contributed by atoms with Crippen LogP contribution in [0.5, 0.6) is 0 Å². The van der Waals surface area contributed by atoms with Crippen LogP contribution in [0.15, 0.2) is 35.2 Å². The third-order valence-corrected chi connectivity index (χ3v) is 6.74. The van der Waals surface area contributed by atoms with Gasteiger partial charge < -0.3 is 4.74 Å². The molecule has 7 heteroatoms. The standard InChI is InChI=1S/C12H15I2NO3S/c13-6-10-8-15(9-11(7-14)18-10)19(16,17)12-4-2-1-3-5-12/h1-5,10-11H,6-9H2. The Hall–Kier alpha value is 0.550. The van der Waals surface area contributed by atoms with Gasteiger partial charge in [-0.3, -0.25) is 0 Å². The van der Waals surface area contributed by atoms with Crippen molar-refractivity contribution in [1.82, 2.24) is 4.31 Å². The summed E-state index contributed by atoms with van der Waals surface area (Å²) in [7, 11) is -3.40. The SMILES string of the molecule is O=S(=O)(c1ccccc1)N1CC(CI)OC(CI)C1. The van der Waals surface area contributed by atoms with Gasteiger partial charge in [0.1, 0.15) is 0 Å². The van der Waals surface area contributed by atoms with Crippen molar-refractivity contribution < 1.29 is 13.2 Å². The number of benzene rings is 1. The summed E-state index contributed by atoms with van der Waals surface area (Å²) in [5.41, 5.74) is 0. The van der Waals surface area contributed by atoms with E-state index in [2.05, 4.69) is 45.2 Å². The number of sulfonamides is 1. The lowest BCUT2D eigenvalue weighted by molar-refractivity contribution is -0.0364. The van der Waals surface area contributed by atoms with Crippen LogP contribution in [-0.2, 0) is 14.8 Å². The van der Waals surface area contributed by atoms with Crippen LogP contribution in [0, 0.1) is 0 Å². The first-order chi connectivity index (χ1) is 9.07. The van der Waals surface area contributed by atoms with Gasteiger partial charge in [-0.1, -0.05) is 63.4 Å². The summed E-state index contributed by atoms with van der Waals surface area (Å²) in [6.07, 6.45) is -0.0415. The summed E-state index contributed by atoms with van der Waals surface area (Å²) in [6.45, 7) is 0.876. The van der Waals surface area contributed by atoms with Crippen molar-refractivity contribution in [2.24, 2.45) is 0 Å². The summed E-state index contributed by atoms with van der Waals surface area (Å²) in [5.74, 6) is 0. The van der Waals surface area contributed by atoms with Crippen LogP contribution in [0.4, 0.5) is 0 Å². The number of morpholine rings is 1. The zero-order valence-corrected chi connectivity index (χ0v) is 15.3. The molecule has 1 heterocycles. The molecule has 1 fully saturated rings. The van der Waals surface area contributed by atoms with Crippen LogP contribution in [0.3, 0.4) is 0 Å². The molecule has 106 valence electrons. The van der Waals surface area contributed by atoms with Crippen LogP contribution in [0.2, 0.25) is 0 Å². The maximum absolute atomic E-state index is 12.6. The van der Waals surface area contributed by atoms with E-state index in [-0.39, 0.29) is 12.2 Å². The van der Waals surface area contributed by atoms with Gasteiger partial charge in [-0.15, -0.1) is 0 Å². The van der Waals surface area contributed by atoms with E-state index >= 15 is 0 Å². The second-order valence-electron chi connectivity index (χ2n) is 4.32. The molecule has 0 spiro atoms. The lowest BCUT2D eigenvalue weighted by Crippen LogP contribution is -2.51. The first-order valence-corrected chi connectivity index (χ1v) is 10.4. The zero-order chi connectivity index (χ0) is 13.9. The van der Waals surface area contributed by atoms with Crippen molar-refractivity contribution in [2.45, 2.75) is 17.1 Å². The highest BCUT2D eigenvalue weighted by molar-refractivity contribution is 14.1. The van der Waals surface area contributed by atoms with E-state index in [1.54, 1.807) is 28.6 Å². The second-order valence-corrected chi connectivity index (χ2v) is 8.02. The molecule has 1 aromatic rings. The Morgan fingerprint density at radius 3 is 2.11 bits per heavy atom. The molecule has 0 amide bonds. The summed E-state index contributed by atoms with van der Waals surface area (Å²) in [5, 5.41) is 0. The average molecular weight is 507 g/mol. The highest BCUT2D eigenvalue weighted by Gasteiger charge is 2.34. The van der Waals surface area contributed by atoms with Gasteiger partial charge in [0, 0.05) is 21.9 Å². The fourth-order valence-corrected chi connectivity index (χ4v) is 4.49. The molecule has 1 aliphatic heterocycles. The van der Waals surface area contributed by atoms with Gasteiger partial charge in [-0.2, -0.15) is 4.31 Å². The summed E-state index contributed by atoms with van der Waals surface area (Å²) in [4.78, 5) is 0.358. The fraction of sp³-hybridized carbons (Fsp3) is 0.500. The highest BCUT2D eigenvalue weighted by Crippen LogP contribution is 2.22. The molecule has 0 aromatic heterocycles. The Labute approximate surface area is 141 Å². The molecule has 4 nitrogen and oxygen atoms in total. The molecule has 1 aliphatic rings. The first kappa shape index (κ1) is 15.9. The Balaban J connectivity index is 2.24. The largest absolute Gasteiger partial charge is 0.371 e. The van der Waals surface area contributed by atoms with E-state index in [9.17, 15) is 8.42 Å². The monoisotopic (exact) mass is 507 g/mol. The Bertz CT molecular complexity index is 497. The van der Waals surface area contributed by atoms with E-state index in [4.69, 9.17) is 4.74 Å². The molecule has 0 N–H and O–H groups in total. The molecule has 1 saturated heterocycles. The first-order valence-electron chi connectivity index (χ1n) is 5.90. The molecule has 1 aromatic carbocycles. The van der Waals surface area contributed by atoms with Crippen molar-refractivity contribution in [3.05, 3.63) is 30.3 Å². The molecule has 2 unspecified atom stereocenters. The topological polar surface area (TPSA) is 46.6 Å². The molecule has 0 saturated carbocycles. The predicted octanol–water partition coefficient (Wildman–Crippen LogP) is 2.31. The van der Waals surface area contributed by atoms with Gasteiger partial charge in [0.05, 0.1) is 17.1 Å². The van der Waals surface area contributed by atoms with Gasteiger partial charge in [0.15, 0.2) is 0 Å². The molecular formula is C12H15I2NO3S. The normalized spacial score (nSPS) is 25.4. The molecule has 0 bridgehead atoms. The quantitative estimate of drug-likeness (QED) is 0.465. The minimum Gasteiger partial charge on any atom is -0.371 e. The van der Waals surface area contributed by atoms with Gasteiger partial charge in [-0.05, 0) is 12.1 Å². The van der Waals surface area contributed by atoms with E-state index in [0.29, 0.717) is 18.0 Å². The van der Waals surface area contributed by atoms with E-state index in [1.165, 1.54) is 0 Å². The van der Waals surface area contributed by atoms with E-state index in [1.807, 2.05) is 6.07 Å². The van der Waals surface area contributed by atoms with Crippen LogP contribution in [0.25, 0.3) is 0 Å². The van der Waals surface area contributed by atoms with Gasteiger partial charge >= 0.3 is 0 Å². The van der Waals surface area contributed by atoms with Gasteiger partial charge in [0.2, 0.25) is 10.0 Å². The average Bonchev–Trinajstić information content (AvgIpc) is 2.47. The number of nitrogens with zero attached hydrogens (tertiary/aromatic N) is 1. The van der Waals surface area contributed by atoms with E-state index < -0.39 is 10.0 Å². The van der Waals surface area contributed by atoms with Crippen LogP contribution >= 0.6 is 45.2 Å². The number of hydrogen-bond donors (Lipinski definition) is 0. The maximum atomic E-state index is 12.6. The molecular weight excluding hydrogens is 492 g/mol. The predicted molar refractivity (Wildman–Crippen MR) is 91.6 cm³/mol. The Kier molecular flexibility index (Phi) is 5.88. The number of ether oxygens (including phenoxy) is 1. The van der Waals surface area contributed by atoms with Crippen molar-refractivity contribution >= 4 is 55.2 Å². The third kappa shape index (κ3) is 3.80. The van der Waals surface area contributed by atoms with Crippen molar-refractivity contribution in [2.75, 3.05) is 21.9 Å². The number of hydrogen-bond acceptors (Lipinski definition) is 3. The number of alkyl halides is 2. The smallest absolute Gasteiger partial charge is 0.243 e. The number of halogens is 2. The molecule has 0 radical (unpaired) electrons. The Morgan fingerprint density at radius 2 is 1.63 bits per heavy atom. The minimum absolute atomic E-state index is 0.0207. The second kappa shape index (κ2) is 7.01. The summed E-state index contributed by atoms with van der Waals surface area (Å²) < 4.78 is 34.1. The molecule has 19 heavy (non-hydrogen) atoms.